The smallest absolute Gasteiger partial charge is 0.0700 e. The number of nitrogens with zero attached hydrogens (tertiary/aromatic N) is 1. The number of hydrogen-bond acceptors (Lipinski definition) is 1. The van der Waals surface area contributed by atoms with Crippen molar-refractivity contribution in [3.05, 3.63) is 35.4 Å². The lowest BCUT2D eigenvalue weighted by Gasteiger charge is -2.02. The van der Waals surface area contributed by atoms with Gasteiger partial charge in [0, 0.05) is 0 Å². The highest BCUT2D eigenvalue weighted by atomic mass is 14.3. The van der Waals surface area contributed by atoms with E-state index in [2.05, 4.69) is 6.07 Å². The number of hydrogen-bond donors (Lipinski definition) is 0. The van der Waals surface area contributed by atoms with Crippen molar-refractivity contribution in [3.8, 4) is 6.07 Å². The van der Waals surface area contributed by atoms with Crippen molar-refractivity contribution in [3.63, 3.8) is 0 Å². The average Bonchev–Trinajstić information content (AvgIpc) is 2.03. The average molecular weight is 145 g/mol. The molecule has 1 atom stereocenters. The fraction of sp³-hybridized carbons (Fsp3) is 0.300. The molecule has 0 radical (unpaired) electrons. The van der Waals surface area contributed by atoms with Crippen molar-refractivity contribution in [2.45, 2.75) is 19.8 Å². The van der Waals surface area contributed by atoms with Crippen molar-refractivity contribution in [2.24, 2.45) is 0 Å². The first-order valence-corrected chi connectivity index (χ1v) is 3.70. The van der Waals surface area contributed by atoms with Crippen LogP contribution in [0, 0.1) is 18.3 Å². The maximum atomic E-state index is 8.63. The van der Waals surface area contributed by atoms with Crippen LogP contribution in [0.4, 0.5) is 0 Å². The second kappa shape index (κ2) is 3.21. The summed E-state index contributed by atoms with van der Waals surface area (Å²) in [6.45, 7) is 3.95. The molecule has 0 aromatic heterocycles. The molecule has 1 aromatic carbocycles. The standard InChI is InChI=1S/C10H11N/c1-8-4-3-5-10(6-8)9(2)7-11/h3-6,9H,1-2H3/t9-/m0/s1. The van der Waals surface area contributed by atoms with E-state index < -0.39 is 0 Å². The van der Waals surface area contributed by atoms with Crippen molar-refractivity contribution in [1.82, 2.24) is 0 Å². The Bertz CT molecular complexity index is 283. The molecule has 0 saturated heterocycles. The molecule has 0 spiro atoms. The molecule has 1 rings (SSSR count). The van der Waals surface area contributed by atoms with Crippen LogP contribution in [0.1, 0.15) is 24.0 Å². The summed E-state index contributed by atoms with van der Waals surface area (Å²) in [5.74, 6) is 0.00917. The Kier molecular flexibility index (Phi) is 2.28. The van der Waals surface area contributed by atoms with Gasteiger partial charge in [-0.25, -0.2) is 0 Å². The summed E-state index contributed by atoms with van der Waals surface area (Å²) in [6.07, 6.45) is 0. The SMILES string of the molecule is Cc1cccc([C@@H](C)C#N)c1. The van der Waals surface area contributed by atoms with Gasteiger partial charge in [-0.2, -0.15) is 5.26 Å². The summed E-state index contributed by atoms with van der Waals surface area (Å²) in [6, 6.07) is 10.3. The zero-order chi connectivity index (χ0) is 8.27. The third kappa shape index (κ3) is 1.81. The lowest BCUT2D eigenvalue weighted by molar-refractivity contribution is 0.979. The predicted octanol–water partition coefficient (Wildman–Crippen LogP) is 2.62. The molecule has 0 saturated carbocycles. The minimum Gasteiger partial charge on any atom is -0.198 e. The number of benzene rings is 1. The van der Waals surface area contributed by atoms with Crippen molar-refractivity contribution >= 4 is 0 Å². The molecule has 0 aliphatic carbocycles. The second-order valence-electron chi connectivity index (χ2n) is 2.76. The number of rotatable bonds is 1. The van der Waals surface area contributed by atoms with Crippen molar-refractivity contribution in [1.29, 1.82) is 5.26 Å². The van der Waals surface area contributed by atoms with Gasteiger partial charge in [0.05, 0.1) is 12.0 Å². The van der Waals surface area contributed by atoms with Gasteiger partial charge in [-0.05, 0) is 19.4 Å². The fourth-order valence-corrected chi connectivity index (χ4v) is 1.01. The number of aryl methyl sites for hydroxylation is 1. The summed E-state index contributed by atoms with van der Waals surface area (Å²) >= 11 is 0. The molecule has 1 heteroatoms. The molecule has 0 aliphatic heterocycles. The zero-order valence-corrected chi connectivity index (χ0v) is 6.83. The van der Waals surface area contributed by atoms with Crippen LogP contribution in [0.3, 0.4) is 0 Å². The molecule has 1 nitrogen and oxygen atoms in total. The third-order valence-corrected chi connectivity index (χ3v) is 1.74. The van der Waals surface area contributed by atoms with Gasteiger partial charge >= 0.3 is 0 Å². The molecule has 0 bridgehead atoms. The lowest BCUT2D eigenvalue weighted by atomic mass is 10.0. The van der Waals surface area contributed by atoms with Gasteiger partial charge in [0.15, 0.2) is 0 Å². The Morgan fingerprint density at radius 2 is 2.18 bits per heavy atom. The van der Waals surface area contributed by atoms with Crippen LogP contribution in [0.2, 0.25) is 0 Å². The van der Waals surface area contributed by atoms with Gasteiger partial charge in [-0.15, -0.1) is 0 Å². The second-order valence-corrected chi connectivity index (χ2v) is 2.76. The van der Waals surface area contributed by atoms with Crippen molar-refractivity contribution < 1.29 is 0 Å². The maximum absolute atomic E-state index is 8.63. The minimum absolute atomic E-state index is 0.00917. The summed E-state index contributed by atoms with van der Waals surface area (Å²) < 4.78 is 0. The number of nitriles is 1. The van der Waals surface area contributed by atoms with E-state index in [0.29, 0.717) is 0 Å². The van der Waals surface area contributed by atoms with E-state index in [1.54, 1.807) is 0 Å². The first kappa shape index (κ1) is 7.81. The van der Waals surface area contributed by atoms with Gasteiger partial charge in [0.25, 0.3) is 0 Å². The summed E-state index contributed by atoms with van der Waals surface area (Å²) in [5.41, 5.74) is 2.32. The first-order valence-electron chi connectivity index (χ1n) is 3.70. The van der Waals surface area contributed by atoms with Gasteiger partial charge < -0.3 is 0 Å². The Morgan fingerprint density at radius 1 is 1.45 bits per heavy atom. The van der Waals surface area contributed by atoms with Crippen LogP contribution in [-0.2, 0) is 0 Å². The normalized spacial score (nSPS) is 12.1. The van der Waals surface area contributed by atoms with Gasteiger partial charge in [0.1, 0.15) is 0 Å². The van der Waals surface area contributed by atoms with Crippen LogP contribution in [0.5, 0.6) is 0 Å². The molecule has 0 unspecified atom stereocenters. The molecule has 0 N–H and O–H groups in total. The lowest BCUT2D eigenvalue weighted by Crippen LogP contribution is -1.88. The molecular weight excluding hydrogens is 134 g/mol. The van der Waals surface area contributed by atoms with Crippen LogP contribution < -0.4 is 0 Å². The maximum Gasteiger partial charge on any atom is 0.0700 e. The van der Waals surface area contributed by atoms with E-state index >= 15 is 0 Å². The van der Waals surface area contributed by atoms with Crippen LogP contribution in [0.25, 0.3) is 0 Å². The van der Waals surface area contributed by atoms with Gasteiger partial charge in [-0.1, -0.05) is 29.8 Å². The van der Waals surface area contributed by atoms with Gasteiger partial charge in [-0.3, -0.25) is 0 Å². The molecule has 11 heavy (non-hydrogen) atoms. The highest BCUT2D eigenvalue weighted by Crippen LogP contribution is 2.14. The van der Waals surface area contributed by atoms with Crippen molar-refractivity contribution in [2.75, 3.05) is 0 Å². The Morgan fingerprint density at radius 3 is 2.73 bits per heavy atom. The highest BCUT2D eigenvalue weighted by molar-refractivity contribution is 5.28. The highest BCUT2D eigenvalue weighted by Gasteiger charge is 2.01. The van der Waals surface area contributed by atoms with Crippen LogP contribution >= 0.6 is 0 Å². The molecule has 0 heterocycles. The van der Waals surface area contributed by atoms with E-state index in [1.165, 1.54) is 5.56 Å². The summed E-state index contributed by atoms with van der Waals surface area (Å²) in [7, 11) is 0. The molecule has 0 amide bonds. The molecule has 56 valence electrons. The van der Waals surface area contributed by atoms with Crippen LogP contribution in [-0.4, -0.2) is 0 Å². The molecule has 0 fully saturated rings. The molecular formula is C10H11N. The van der Waals surface area contributed by atoms with E-state index in [1.807, 2.05) is 38.1 Å². The fourth-order valence-electron chi connectivity index (χ4n) is 1.01. The van der Waals surface area contributed by atoms with E-state index in [9.17, 15) is 0 Å². The Balaban J connectivity index is 2.98. The summed E-state index contributed by atoms with van der Waals surface area (Å²) in [4.78, 5) is 0. The predicted molar refractivity (Wildman–Crippen MR) is 45.2 cm³/mol. The van der Waals surface area contributed by atoms with E-state index in [4.69, 9.17) is 5.26 Å². The van der Waals surface area contributed by atoms with Crippen LogP contribution in [0.15, 0.2) is 24.3 Å². The van der Waals surface area contributed by atoms with E-state index in [0.717, 1.165) is 5.56 Å². The monoisotopic (exact) mass is 145 g/mol. The third-order valence-electron chi connectivity index (χ3n) is 1.74. The van der Waals surface area contributed by atoms with E-state index in [-0.39, 0.29) is 5.92 Å². The molecule has 1 aromatic rings. The largest absolute Gasteiger partial charge is 0.198 e. The Hall–Kier alpha value is -1.29. The summed E-state index contributed by atoms with van der Waals surface area (Å²) in [5, 5.41) is 8.63. The quantitative estimate of drug-likeness (QED) is 0.596. The van der Waals surface area contributed by atoms with Gasteiger partial charge in [0.2, 0.25) is 0 Å². The minimum atomic E-state index is 0.00917. The topological polar surface area (TPSA) is 23.8 Å². The molecule has 0 aliphatic rings. The Labute approximate surface area is 67.3 Å². The first-order chi connectivity index (χ1) is 5.24. The zero-order valence-electron chi connectivity index (χ0n) is 6.83.